The Morgan fingerprint density at radius 1 is 1.52 bits per heavy atom. The fourth-order valence-corrected chi connectivity index (χ4v) is 5.11. The van der Waals surface area contributed by atoms with Gasteiger partial charge in [-0.1, -0.05) is 13.0 Å². The fourth-order valence-electron chi connectivity index (χ4n) is 2.18. The van der Waals surface area contributed by atoms with Gasteiger partial charge < -0.3 is 5.43 Å². The number of benzene rings is 1. The molecule has 116 valence electrons. The van der Waals surface area contributed by atoms with E-state index in [1.807, 2.05) is 6.92 Å². The van der Waals surface area contributed by atoms with Crippen LogP contribution in [0, 0.1) is 10.1 Å². The van der Waals surface area contributed by atoms with Gasteiger partial charge in [0.2, 0.25) is 10.0 Å². The van der Waals surface area contributed by atoms with E-state index < -0.39 is 20.6 Å². The minimum absolute atomic E-state index is 0.0273. The highest BCUT2D eigenvalue weighted by atomic mass is 32.2. The van der Waals surface area contributed by atoms with Crippen molar-refractivity contribution in [3.8, 4) is 0 Å². The van der Waals surface area contributed by atoms with E-state index >= 15 is 0 Å². The zero-order valence-electron chi connectivity index (χ0n) is 11.4. The first kappa shape index (κ1) is 16.0. The van der Waals surface area contributed by atoms with Crippen molar-refractivity contribution < 1.29 is 13.3 Å². The number of para-hydroxylation sites is 1. The summed E-state index contributed by atoms with van der Waals surface area (Å²) in [7, 11) is -3.92. The third kappa shape index (κ3) is 3.12. The average molecular weight is 332 g/mol. The molecule has 1 aromatic carbocycles. The SMILES string of the molecule is CC1CN(S(=O)(=O)c2cccc(NN)c2[N+](=O)[O-])CCS1. The Kier molecular flexibility index (Phi) is 4.71. The van der Waals surface area contributed by atoms with Crippen LogP contribution in [0.4, 0.5) is 11.4 Å². The van der Waals surface area contributed by atoms with Gasteiger partial charge >= 0.3 is 5.69 Å². The van der Waals surface area contributed by atoms with Crippen LogP contribution < -0.4 is 11.3 Å². The van der Waals surface area contributed by atoms with Gasteiger partial charge in [-0.2, -0.15) is 16.1 Å². The van der Waals surface area contributed by atoms with Crippen LogP contribution in [-0.2, 0) is 10.0 Å². The van der Waals surface area contributed by atoms with Gasteiger partial charge in [0.25, 0.3) is 0 Å². The number of nitrogens with two attached hydrogens (primary N) is 1. The number of nitrogen functional groups attached to an aromatic ring is 1. The van der Waals surface area contributed by atoms with Crippen LogP contribution in [0.3, 0.4) is 0 Å². The number of anilines is 1. The Bertz CT molecular complexity index is 650. The number of hydrazine groups is 1. The number of nitro groups is 1. The summed E-state index contributed by atoms with van der Waals surface area (Å²) >= 11 is 1.68. The average Bonchev–Trinajstić information content (AvgIpc) is 2.46. The Balaban J connectivity index is 2.52. The molecule has 1 aliphatic heterocycles. The van der Waals surface area contributed by atoms with Gasteiger partial charge in [0.05, 0.1) is 4.92 Å². The van der Waals surface area contributed by atoms with Crippen molar-refractivity contribution in [2.75, 3.05) is 24.3 Å². The molecule has 0 spiro atoms. The molecule has 0 saturated carbocycles. The van der Waals surface area contributed by atoms with Crippen LogP contribution >= 0.6 is 11.8 Å². The first-order chi connectivity index (χ1) is 9.87. The molecule has 1 aromatic rings. The first-order valence-electron chi connectivity index (χ1n) is 6.23. The molecule has 2 rings (SSSR count). The third-order valence-electron chi connectivity index (χ3n) is 3.16. The summed E-state index contributed by atoms with van der Waals surface area (Å²) in [6, 6.07) is 4.03. The van der Waals surface area contributed by atoms with Gasteiger partial charge in [-0.15, -0.1) is 0 Å². The molecule has 1 saturated heterocycles. The van der Waals surface area contributed by atoms with Crippen LogP contribution in [0.15, 0.2) is 23.1 Å². The molecule has 0 aliphatic carbocycles. The van der Waals surface area contributed by atoms with E-state index in [-0.39, 0.29) is 15.8 Å². The largest absolute Gasteiger partial charge is 0.318 e. The minimum atomic E-state index is -3.92. The second-order valence-corrected chi connectivity index (χ2v) is 8.05. The number of nitrogens with zero attached hydrogens (tertiary/aromatic N) is 2. The van der Waals surface area contributed by atoms with Crippen LogP contribution in [-0.4, -0.2) is 41.7 Å². The molecule has 1 atom stereocenters. The highest BCUT2D eigenvalue weighted by Gasteiger charge is 2.35. The second kappa shape index (κ2) is 6.18. The van der Waals surface area contributed by atoms with E-state index in [9.17, 15) is 18.5 Å². The van der Waals surface area contributed by atoms with Crippen molar-refractivity contribution in [3.05, 3.63) is 28.3 Å². The Hall–Kier alpha value is -1.36. The van der Waals surface area contributed by atoms with E-state index in [0.717, 1.165) is 0 Å². The molecule has 0 bridgehead atoms. The summed E-state index contributed by atoms with van der Waals surface area (Å²) in [5.41, 5.74) is 1.62. The van der Waals surface area contributed by atoms with Crippen LogP contribution in [0.2, 0.25) is 0 Å². The van der Waals surface area contributed by atoms with Crippen LogP contribution in [0.5, 0.6) is 0 Å². The van der Waals surface area contributed by atoms with E-state index in [1.54, 1.807) is 11.8 Å². The van der Waals surface area contributed by atoms with Crippen LogP contribution in [0.25, 0.3) is 0 Å². The van der Waals surface area contributed by atoms with Crippen molar-refractivity contribution in [1.29, 1.82) is 0 Å². The van der Waals surface area contributed by atoms with E-state index in [0.29, 0.717) is 18.8 Å². The summed E-state index contributed by atoms with van der Waals surface area (Å²) in [5, 5.41) is 11.4. The lowest BCUT2D eigenvalue weighted by Gasteiger charge is -2.29. The summed E-state index contributed by atoms with van der Waals surface area (Å²) in [5.74, 6) is 5.90. The monoisotopic (exact) mass is 332 g/mol. The van der Waals surface area contributed by atoms with Crippen molar-refractivity contribution in [1.82, 2.24) is 4.31 Å². The van der Waals surface area contributed by atoms with E-state index in [4.69, 9.17) is 5.84 Å². The maximum absolute atomic E-state index is 12.7. The molecule has 10 heteroatoms. The molecular formula is C11H16N4O4S2. The second-order valence-electron chi connectivity index (χ2n) is 4.60. The zero-order valence-corrected chi connectivity index (χ0v) is 13.0. The van der Waals surface area contributed by atoms with Gasteiger partial charge in [-0.05, 0) is 12.1 Å². The Morgan fingerprint density at radius 3 is 2.81 bits per heavy atom. The maximum atomic E-state index is 12.7. The normalized spacial score (nSPS) is 20.2. The standard InChI is InChI=1S/C11H16N4O4S2/c1-8-7-14(5-6-20-8)21(18,19)10-4-2-3-9(13-12)11(10)15(16)17/h2-4,8,13H,5-7,12H2,1H3. The molecule has 8 nitrogen and oxygen atoms in total. The van der Waals surface area contributed by atoms with Crippen molar-refractivity contribution in [2.45, 2.75) is 17.1 Å². The van der Waals surface area contributed by atoms with Gasteiger partial charge in [0.1, 0.15) is 5.69 Å². The number of nitrogens with one attached hydrogen (secondary N) is 1. The lowest BCUT2D eigenvalue weighted by atomic mass is 10.3. The van der Waals surface area contributed by atoms with Gasteiger partial charge in [0, 0.05) is 24.1 Å². The maximum Gasteiger partial charge on any atom is 0.313 e. The van der Waals surface area contributed by atoms with Crippen molar-refractivity contribution >= 4 is 33.2 Å². The number of hydrogen-bond acceptors (Lipinski definition) is 7. The molecule has 0 aromatic heterocycles. The molecule has 1 aliphatic rings. The van der Waals surface area contributed by atoms with E-state index in [1.165, 1.54) is 22.5 Å². The van der Waals surface area contributed by atoms with Gasteiger partial charge in [-0.3, -0.25) is 16.0 Å². The molecular weight excluding hydrogens is 316 g/mol. The quantitative estimate of drug-likeness (QED) is 0.480. The number of thioether (sulfide) groups is 1. The number of nitro benzene ring substituents is 1. The Labute approximate surface area is 126 Å². The molecule has 1 unspecified atom stereocenters. The van der Waals surface area contributed by atoms with Crippen LogP contribution in [0.1, 0.15) is 6.92 Å². The number of rotatable bonds is 4. The van der Waals surface area contributed by atoms with Gasteiger partial charge in [-0.25, -0.2) is 8.42 Å². The lowest BCUT2D eigenvalue weighted by Crippen LogP contribution is -2.41. The fraction of sp³-hybridized carbons (Fsp3) is 0.455. The predicted octanol–water partition coefficient (Wildman–Crippen LogP) is 1.01. The molecule has 1 fully saturated rings. The summed E-state index contributed by atoms with van der Waals surface area (Å²) < 4.78 is 26.6. The third-order valence-corrected chi connectivity index (χ3v) is 6.19. The predicted molar refractivity (Wildman–Crippen MR) is 81.6 cm³/mol. The minimum Gasteiger partial charge on any atom is -0.318 e. The molecule has 3 N–H and O–H groups in total. The molecule has 1 heterocycles. The highest BCUT2D eigenvalue weighted by molar-refractivity contribution is 8.00. The van der Waals surface area contributed by atoms with Crippen molar-refractivity contribution in [3.63, 3.8) is 0 Å². The summed E-state index contributed by atoms with van der Waals surface area (Å²) in [4.78, 5) is 10.2. The smallest absolute Gasteiger partial charge is 0.313 e. The van der Waals surface area contributed by atoms with Gasteiger partial charge in [0.15, 0.2) is 4.90 Å². The topological polar surface area (TPSA) is 119 Å². The zero-order chi connectivity index (χ0) is 15.6. The molecule has 21 heavy (non-hydrogen) atoms. The van der Waals surface area contributed by atoms with E-state index in [2.05, 4.69) is 5.43 Å². The summed E-state index contributed by atoms with van der Waals surface area (Å²) in [6.45, 7) is 2.61. The first-order valence-corrected chi connectivity index (χ1v) is 8.72. The summed E-state index contributed by atoms with van der Waals surface area (Å²) in [6.07, 6.45) is 0. The van der Waals surface area contributed by atoms with Crippen molar-refractivity contribution in [2.24, 2.45) is 5.84 Å². The molecule has 0 radical (unpaired) electrons. The lowest BCUT2D eigenvalue weighted by molar-refractivity contribution is -0.386. The molecule has 0 amide bonds. The highest BCUT2D eigenvalue weighted by Crippen LogP contribution is 2.34. The Morgan fingerprint density at radius 2 is 2.24 bits per heavy atom. The number of hydrogen-bond donors (Lipinski definition) is 2. The number of sulfonamides is 1.